The van der Waals surface area contributed by atoms with Crippen molar-refractivity contribution in [2.24, 2.45) is 0 Å². The number of unbranched alkanes of at least 4 members (excludes halogenated alkanes) is 4. The number of imidazole rings is 1. The number of aromatic amines is 1. The fourth-order valence-corrected chi connectivity index (χ4v) is 3.99. The van der Waals surface area contributed by atoms with E-state index < -0.39 is 0 Å². The van der Waals surface area contributed by atoms with Crippen LogP contribution in [0.3, 0.4) is 0 Å². The van der Waals surface area contributed by atoms with Gasteiger partial charge in [0.2, 0.25) is 0 Å². The van der Waals surface area contributed by atoms with E-state index in [9.17, 15) is 0 Å². The molecule has 0 bridgehead atoms. The molecule has 138 valence electrons. The zero-order valence-corrected chi connectivity index (χ0v) is 16.2. The van der Waals surface area contributed by atoms with Gasteiger partial charge in [-0.1, -0.05) is 73.9 Å². The number of H-pyrrole nitrogens is 1. The van der Waals surface area contributed by atoms with Crippen molar-refractivity contribution in [2.45, 2.75) is 51.9 Å². The minimum absolute atomic E-state index is 1.05. The first kappa shape index (κ1) is 17.8. The maximum absolute atomic E-state index is 4.76. The van der Waals surface area contributed by atoms with Gasteiger partial charge in [-0.15, -0.1) is 0 Å². The number of nitrogens with one attached hydrogen (secondary N) is 1. The number of fused-ring (bicyclic) bond motifs is 2. The summed E-state index contributed by atoms with van der Waals surface area (Å²) in [6, 6.07) is 21.7. The van der Waals surface area contributed by atoms with Crippen LogP contribution in [0.1, 0.15) is 49.1 Å². The van der Waals surface area contributed by atoms with Gasteiger partial charge in [0.15, 0.2) is 0 Å². The Kier molecular flexibility index (Phi) is 5.53. The predicted molar refractivity (Wildman–Crippen MR) is 115 cm³/mol. The average molecular weight is 357 g/mol. The van der Waals surface area contributed by atoms with Gasteiger partial charge >= 0.3 is 0 Å². The summed E-state index contributed by atoms with van der Waals surface area (Å²) in [6.07, 6.45) is 8.63. The van der Waals surface area contributed by atoms with Crippen LogP contribution in [0.4, 0.5) is 0 Å². The van der Waals surface area contributed by atoms with Gasteiger partial charge in [-0.2, -0.15) is 0 Å². The molecule has 1 N–H and O–H groups in total. The van der Waals surface area contributed by atoms with E-state index in [1.807, 2.05) is 0 Å². The number of benzene rings is 3. The summed E-state index contributed by atoms with van der Waals surface area (Å²) < 4.78 is 0. The monoisotopic (exact) mass is 356 g/mol. The second kappa shape index (κ2) is 8.39. The number of rotatable bonds is 8. The summed E-state index contributed by atoms with van der Waals surface area (Å²) >= 11 is 0. The topological polar surface area (TPSA) is 28.7 Å². The number of hydrogen-bond acceptors (Lipinski definition) is 1. The van der Waals surface area contributed by atoms with E-state index in [4.69, 9.17) is 4.98 Å². The summed E-state index contributed by atoms with van der Waals surface area (Å²) in [7, 11) is 0. The molecule has 0 fully saturated rings. The number of hydrogen-bond donors (Lipinski definition) is 1. The number of para-hydroxylation sites is 1. The summed E-state index contributed by atoms with van der Waals surface area (Å²) in [6.45, 7) is 2.13. The van der Waals surface area contributed by atoms with Crippen LogP contribution in [0.25, 0.3) is 21.8 Å². The zero-order valence-electron chi connectivity index (χ0n) is 16.2. The molecule has 2 heteroatoms. The number of nitrogens with zero attached hydrogens (tertiary/aromatic N) is 1. The van der Waals surface area contributed by atoms with Gasteiger partial charge in [0, 0.05) is 6.42 Å². The van der Waals surface area contributed by atoms with Crippen molar-refractivity contribution in [3.05, 3.63) is 77.6 Å². The van der Waals surface area contributed by atoms with E-state index in [0.717, 1.165) is 17.8 Å². The van der Waals surface area contributed by atoms with E-state index in [0.29, 0.717) is 0 Å². The van der Waals surface area contributed by atoms with Crippen LogP contribution < -0.4 is 0 Å². The molecule has 0 aliphatic heterocycles. The van der Waals surface area contributed by atoms with Crippen LogP contribution >= 0.6 is 0 Å². The van der Waals surface area contributed by atoms with Crippen LogP contribution in [0, 0.1) is 6.92 Å². The average Bonchev–Trinajstić information content (AvgIpc) is 3.12. The third kappa shape index (κ3) is 4.21. The highest BCUT2D eigenvalue weighted by Gasteiger charge is 2.04. The predicted octanol–water partition coefficient (Wildman–Crippen LogP) is 6.76. The van der Waals surface area contributed by atoms with Gasteiger partial charge in [-0.05, 0) is 54.2 Å². The molecule has 0 aliphatic rings. The Morgan fingerprint density at radius 3 is 2.37 bits per heavy atom. The third-order valence-corrected chi connectivity index (χ3v) is 5.50. The van der Waals surface area contributed by atoms with Crippen molar-refractivity contribution >= 4 is 21.8 Å². The lowest BCUT2D eigenvalue weighted by atomic mass is 9.99. The molecule has 0 saturated heterocycles. The maximum Gasteiger partial charge on any atom is 0.107 e. The van der Waals surface area contributed by atoms with Gasteiger partial charge in [0.25, 0.3) is 0 Å². The molecule has 0 radical (unpaired) electrons. The molecule has 1 heterocycles. The molecule has 0 unspecified atom stereocenters. The molecule has 27 heavy (non-hydrogen) atoms. The molecule has 0 amide bonds. The Morgan fingerprint density at radius 1 is 0.741 bits per heavy atom. The first-order valence-electron chi connectivity index (χ1n) is 10.2. The van der Waals surface area contributed by atoms with Crippen molar-refractivity contribution in [2.75, 3.05) is 0 Å². The molecule has 0 saturated carbocycles. The second-order valence-electron chi connectivity index (χ2n) is 7.56. The van der Waals surface area contributed by atoms with Crippen molar-refractivity contribution in [1.29, 1.82) is 0 Å². The van der Waals surface area contributed by atoms with Gasteiger partial charge in [0.1, 0.15) is 5.82 Å². The lowest BCUT2D eigenvalue weighted by Gasteiger charge is -2.06. The molecule has 2 nitrogen and oxygen atoms in total. The number of aromatic nitrogens is 2. The Labute approximate surface area is 161 Å². The van der Waals surface area contributed by atoms with Gasteiger partial charge in [0.05, 0.1) is 11.0 Å². The van der Waals surface area contributed by atoms with Crippen LogP contribution in [0.2, 0.25) is 0 Å². The van der Waals surface area contributed by atoms with E-state index in [2.05, 4.69) is 72.6 Å². The van der Waals surface area contributed by atoms with E-state index in [1.165, 1.54) is 65.9 Å². The minimum Gasteiger partial charge on any atom is -0.342 e. The van der Waals surface area contributed by atoms with E-state index in [-0.39, 0.29) is 0 Å². The second-order valence-corrected chi connectivity index (χ2v) is 7.56. The Balaban J connectivity index is 1.20. The van der Waals surface area contributed by atoms with E-state index >= 15 is 0 Å². The molecule has 1 aromatic heterocycles. The normalized spacial score (nSPS) is 11.4. The summed E-state index contributed by atoms with van der Waals surface area (Å²) in [4.78, 5) is 8.23. The fourth-order valence-electron chi connectivity index (χ4n) is 3.99. The number of aryl methyl sites for hydroxylation is 3. The third-order valence-electron chi connectivity index (χ3n) is 5.50. The van der Waals surface area contributed by atoms with Crippen LogP contribution in [0.15, 0.2) is 60.7 Å². The summed E-state index contributed by atoms with van der Waals surface area (Å²) in [5.41, 5.74) is 5.04. The highest BCUT2D eigenvalue weighted by molar-refractivity contribution is 5.85. The highest BCUT2D eigenvalue weighted by Crippen LogP contribution is 2.21. The molecular formula is C25H28N2. The lowest BCUT2D eigenvalue weighted by molar-refractivity contribution is 0.609. The largest absolute Gasteiger partial charge is 0.342 e. The van der Waals surface area contributed by atoms with Crippen LogP contribution in [-0.2, 0) is 12.8 Å². The van der Waals surface area contributed by atoms with Crippen molar-refractivity contribution in [3.8, 4) is 0 Å². The van der Waals surface area contributed by atoms with E-state index in [1.54, 1.807) is 0 Å². The fraction of sp³-hybridized carbons (Fsp3) is 0.320. The molecule has 0 spiro atoms. The summed E-state index contributed by atoms with van der Waals surface area (Å²) in [5.74, 6) is 1.13. The van der Waals surface area contributed by atoms with Gasteiger partial charge in [-0.3, -0.25) is 0 Å². The Hall–Kier alpha value is -2.61. The minimum atomic E-state index is 1.05. The smallest absolute Gasteiger partial charge is 0.107 e. The lowest BCUT2D eigenvalue weighted by Crippen LogP contribution is -1.90. The maximum atomic E-state index is 4.76. The van der Waals surface area contributed by atoms with Crippen molar-refractivity contribution in [3.63, 3.8) is 0 Å². The first-order valence-corrected chi connectivity index (χ1v) is 10.2. The molecule has 3 aromatic carbocycles. The van der Waals surface area contributed by atoms with Crippen molar-refractivity contribution < 1.29 is 0 Å². The van der Waals surface area contributed by atoms with Gasteiger partial charge < -0.3 is 4.98 Å². The zero-order chi connectivity index (χ0) is 18.5. The molecule has 0 aliphatic carbocycles. The first-order chi connectivity index (χ1) is 13.3. The molecule has 4 aromatic rings. The van der Waals surface area contributed by atoms with Crippen molar-refractivity contribution in [1.82, 2.24) is 9.97 Å². The molecule has 4 rings (SSSR count). The Morgan fingerprint density at radius 2 is 1.48 bits per heavy atom. The van der Waals surface area contributed by atoms with Crippen LogP contribution in [0.5, 0.6) is 0 Å². The summed E-state index contributed by atoms with van der Waals surface area (Å²) in [5, 5.41) is 2.77. The Bertz CT molecular complexity index is 1020. The highest BCUT2D eigenvalue weighted by atomic mass is 14.9. The quantitative estimate of drug-likeness (QED) is 0.347. The molecular weight excluding hydrogens is 328 g/mol. The molecule has 0 atom stereocenters. The van der Waals surface area contributed by atoms with Gasteiger partial charge in [-0.25, -0.2) is 4.98 Å². The SMILES string of the molecule is Cc1cccc2[nH]c(CCCCCCCc3cccc4ccccc34)nc12. The standard InChI is InChI=1S/C25H28N2/c1-19-11-9-17-23-25(19)27-24(26-23)18-6-4-2-3-5-12-20-14-10-15-21-13-7-8-16-22(20)21/h7-11,13-17H,2-6,12,18H2,1H3,(H,26,27). The van der Waals surface area contributed by atoms with Crippen LogP contribution in [-0.4, -0.2) is 9.97 Å².